The van der Waals surface area contributed by atoms with E-state index in [1.165, 1.54) is 6.07 Å². The van der Waals surface area contributed by atoms with Crippen LogP contribution in [0.2, 0.25) is 0 Å². The van der Waals surface area contributed by atoms with Crippen molar-refractivity contribution < 1.29 is 18.6 Å². The summed E-state index contributed by atoms with van der Waals surface area (Å²) >= 11 is 0. The molecule has 5 rings (SSSR count). The number of amidine groups is 1. The Morgan fingerprint density at radius 3 is 2.71 bits per heavy atom. The number of nitrogens with one attached hydrogen (secondary N) is 1. The fourth-order valence-corrected chi connectivity index (χ4v) is 5.62. The molecule has 0 saturated carbocycles. The number of benzene rings is 2. The number of hydrogen-bond donors (Lipinski definition) is 1. The molecule has 0 amide bonds. The predicted octanol–water partition coefficient (Wildman–Crippen LogP) is 5.57. The lowest BCUT2D eigenvalue weighted by atomic mass is 9.86. The van der Waals surface area contributed by atoms with Gasteiger partial charge in [0.2, 0.25) is 0 Å². The van der Waals surface area contributed by atoms with Crippen molar-refractivity contribution in [2.24, 2.45) is 11.0 Å². The van der Waals surface area contributed by atoms with Crippen molar-refractivity contribution in [1.29, 1.82) is 0 Å². The lowest BCUT2D eigenvalue weighted by molar-refractivity contribution is -0.0950. The molecule has 0 radical (unpaired) electrons. The SMILES string of the molecule is COC1(c2cc(F)cc(OCc3cccc4c3C=CC3=NNC(C)(CC(C)C)N34)c2)CCOCC1. The Balaban J connectivity index is 1.41. The van der Waals surface area contributed by atoms with Gasteiger partial charge in [-0.05, 0) is 60.7 Å². The zero-order chi connectivity index (χ0) is 24.6. The molecule has 2 aromatic rings. The minimum atomic E-state index is -0.549. The molecule has 3 heterocycles. The number of hydrogen-bond acceptors (Lipinski definition) is 6. The van der Waals surface area contributed by atoms with E-state index in [0.717, 1.165) is 34.6 Å². The summed E-state index contributed by atoms with van der Waals surface area (Å²) in [4.78, 5) is 2.28. The van der Waals surface area contributed by atoms with Crippen LogP contribution in [0.1, 0.15) is 56.7 Å². The van der Waals surface area contributed by atoms with E-state index in [-0.39, 0.29) is 11.5 Å². The highest BCUT2D eigenvalue weighted by Crippen LogP contribution is 2.40. The molecule has 0 bridgehead atoms. The molecule has 1 fully saturated rings. The number of nitrogens with zero attached hydrogens (tertiary/aromatic N) is 2. The quantitative estimate of drug-likeness (QED) is 0.563. The average Bonchev–Trinajstić information content (AvgIpc) is 3.18. The second-order valence-corrected chi connectivity index (χ2v) is 10.2. The van der Waals surface area contributed by atoms with Crippen LogP contribution in [0.15, 0.2) is 47.6 Å². The second-order valence-electron chi connectivity index (χ2n) is 10.2. The molecule has 6 nitrogen and oxygen atoms in total. The van der Waals surface area contributed by atoms with E-state index in [4.69, 9.17) is 14.2 Å². The van der Waals surface area contributed by atoms with Crippen LogP contribution in [0.3, 0.4) is 0 Å². The number of ether oxygens (including phenoxy) is 3. The van der Waals surface area contributed by atoms with Gasteiger partial charge in [0.1, 0.15) is 23.8 Å². The molecule has 0 spiro atoms. The maximum atomic E-state index is 14.6. The molecule has 186 valence electrons. The molecular formula is C28H34FN3O3. The molecule has 1 saturated heterocycles. The summed E-state index contributed by atoms with van der Waals surface area (Å²) in [5.74, 6) is 1.59. The average molecular weight is 480 g/mol. The van der Waals surface area contributed by atoms with Crippen LogP contribution >= 0.6 is 0 Å². The van der Waals surface area contributed by atoms with Gasteiger partial charge in [-0.15, -0.1) is 0 Å². The first-order chi connectivity index (χ1) is 16.8. The van der Waals surface area contributed by atoms with E-state index in [1.807, 2.05) is 18.2 Å². The van der Waals surface area contributed by atoms with Crippen LogP contribution in [0, 0.1) is 11.7 Å². The highest BCUT2D eigenvalue weighted by Gasteiger charge is 2.41. The second kappa shape index (κ2) is 9.28. The first kappa shape index (κ1) is 23.8. The number of anilines is 1. The van der Waals surface area contributed by atoms with Crippen LogP contribution < -0.4 is 15.1 Å². The van der Waals surface area contributed by atoms with Gasteiger partial charge >= 0.3 is 0 Å². The zero-order valence-corrected chi connectivity index (χ0v) is 20.9. The monoisotopic (exact) mass is 479 g/mol. The Bertz CT molecular complexity index is 1160. The van der Waals surface area contributed by atoms with Gasteiger partial charge < -0.3 is 14.2 Å². The number of halogens is 1. The molecular weight excluding hydrogens is 445 g/mol. The minimum Gasteiger partial charge on any atom is -0.489 e. The molecule has 1 atom stereocenters. The fourth-order valence-electron chi connectivity index (χ4n) is 5.62. The summed E-state index contributed by atoms with van der Waals surface area (Å²) < 4.78 is 32.2. The van der Waals surface area contributed by atoms with Crippen molar-refractivity contribution >= 4 is 17.6 Å². The van der Waals surface area contributed by atoms with Crippen molar-refractivity contribution in [2.45, 2.75) is 57.9 Å². The zero-order valence-electron chi connectivity index (χ0n) is 20.9. The summed E-state index contributed by atoms with van der Waals surface area (Å²) in [7, 11) is 1.68. The molecule has 1 unspecified atom stereocenters. The minimum absolute atomic E-state index is 0.294. The fraction of sp³-hybridized carbons (Fsp3) is 0.464. The van der Waals surface area contributed by atoms with Crippen LogP contribution in [0.4, 0.5) is 10.1 Å². The van der Waals surface area contributed by atoms with E-state index in [0.29, 0.717) is 44.3 Å². The van der Waals surface area contributed by atoms with Crippen LogP contribution in [-0.4, -0.2) is 31.8 Å². The van der Waals surface area contributed by atoms with E-state index in [9.17, 15) is 4.39 Å². The van der Waals surface area contributed by atoms with Crippen molar-refractivity contribution in [3.8, 4) is 5.75 Å². The number of fused-ring (bicyclic) bond motifs is 3. The summed E-state index contributed by atoms with van der Waals surface area (Å²) in [5, 5.41) is 4.58. The van der Waals surface area contributed by atoms with Crippen LogP contribution in [0.5, 0.6) is 5.75 Å². The van der Waals surface area contributed by atoms with Crippen molar-refractivity contribution in [3.63, 3.8) is 0 Å². The van der Waals surface area contributed by atoms with Gasteiger partial charge in [-0.25, -0.2) is 4.39 Å². The van der Waals surface area contributed by atoms with E-state index in [1.54, 1.807) is 13.2 Å². The smallest absolute Gasteiger partial charge is 0.154 e. The molecule has 2 aromatic carbocycles. The lowest BCUT2D eigenvalue weighted by Gasteiger charge is -2.39. The highest BCUT2D eigenvalue weighted by atomic mass is 19.1. The van der Waals surface area contributed by atoms with Gasteiger partial charge in [-0.3, -0.25) is 10.3 Å². The summed E-state index contributed by atoms with van der Waals surface area (Å²) in [6.45, 7) is 8.14. The third-order valence-corrected chi connectivity index (χ3v) is 7.24. The number of hydrazone groups is 1. The Morgan fingerprint density at radius 1 is 1.17 bits per heavy atom. The lowest BCUT2D eigenvalue weighted by Crippen LogP contribution is -2.53. The van der Waals surface area contributed by atoms with Gasteiger partial charge in [0.15, 0.2) is 5.84 Å². The summed E-state index contributed by atoms with van der Waals surface area (Å²) in [5.41, 5.74) is 6.53. The Kier molecular flexibility index (Phi) is 6.32. The number of methoxy groups -OCH3 is 1. The van der Waals surface area contributed by atoms with Gasteiger partial charge in [-0.1, -0.05) is 26.0 Å². The maximum Gasteiger partial charge on any atom is 0.154 e. The Hall–Kier alpha value is -2.90. The predicted molar refractivity (Wildman–Crippen MR) is 136 cm³/mol. The van der Waals surface area contributed by atoms with Crippen molar-refractivity contribution in [1.82, 2.24) is 5.43 Å². The van der Waals surface area contributed by atoms with Crippen LogP contribution in [0.25, 0.3) is 6.08 Å². The molecule has 0 aromatic heterocycles. The Morgan fingerprint density at radius 2 is 1.97 bits per heavy atom. The molecule has 3 aliphatic heterocycles. The van der Waals surface area contributed by atoms with Crippen molar-refractivity contribution in [3.05, 3.63) is 65.0 Å². The molecule has 0 aliphatic carbocycles. The topological polar surface area (TPSA) is 55.3 Å². The summed E-state index contributed by atoms with van der Waals surface area (Å²) in [6.07, 6.45) is 6.45. The molecule has 35 heavy (non-hydrogen) atoms. The van der Waals surface area contributed by atoms with Crippen LogP contribution in [-0.2, 0) is 21.7 Å². The van der Waals surface area contributed by atoms with E-state index in [2.05, 4.69) is 54.4 Å². The van der Waals surface area contributed by atoms with Gasteiger partial charge in [0.25, 0.3) is 0 Å². The first-order valence-corrected chi connectivity index (χ1v) is 12.4. The first-order valence-electron chi connectivity index (χ1n) is 12.4. The van der Waals surface area contributed by atoms with E-state index >= 15 is 0 Å². The third kappa shape index (κ3) is 4.43. The largest absolute Gasteiger partial charge is 0.489 e. The molecule has 7 heteroatoms. The summed E-state index contributed by atoms with van der Waals surface area (Å²) in [6, 6.07) is 11.1. The maximum absolute atomic E-state index is 14.6. The normalized spacial score (nSPS) is 22.5. The van der Waals surface area contributed by atoms with Gasteiger partial charge in [-0.2, -0.15) is 5.10 Å². The molecule has 1 N–H and O–H groups in total. The third-order valence-electron chi connectivity index (χ3n) is 7.24. The Labute approximate surface area is 206 Å². The highest BCUT2D eigenvalue weighted by molar-refractivity contribution is 6.14. The van der Waals surface area contributed by atoms with E-state index < -0.39 is 5.60 Å². The number of rotatable bonds is 7. The van der Waals surface area contributed by atoms with Crippen molar-refractivity contribution in [2.75, 3.05) is 25.2 Å². The molecule has 3 aliphatic rings. The standard InChI is InChI=1S/C28H34FN3O3/c1-19(2)17-27(3)31-30-26-9-8-24-20(6-5-7-25(24)32(26)27)18-35-23-15-21(14-22(29)16-23)28(33-4)10-12-34-13-11-28/h5-9,14-16,19,31H,10-13,17-18H2,1-4H3. The van der Waals surface area contributed by atoms with Gasteiger partial charge in [0, 0.05) is 44.8 Å². The van der Waals surface area contributed by atoms with Gasteiger partial charge in [0.05, 0.1) is 11.3 Å².